The van der Waals surface area contributed by atoms with Crippen LogP contribution in [0.5, 0.6) is 0 Å². The van der Waals surface area contributed by atoms with Crippen molar-refractivity contribution in [2.75, 3.05) is 5.73 Å². The summed E-state index contributed by atoms with van der Waals surface area (Å²) in [5, 5.41) is 0. The second kappa shape index (κ2) is 4.52. The zero-order valence-electron chi connectivity index (χ0n) is 11.2. The number of hydrogen-bond donors (Lipinski definition) is 1. The Morgan fingerprint density at radius 1 is 0.905 bits per heavy atom. The molecule has 2 aromatic carbocycles. The Hall–Kier alpha value is -3.01. The molecule has 0 amide bonds. The molecule has 4 rings (SSSR count). The first-order chi connectivity index (χ1) is 10.3. The first-order valence-electron chi connectivity index (χ1n) is 6.70. The van der Waals surface area contributed by atoms with Gasteiger partial charge in [0.1, 0.15) is 5.76 Å². The number of anilines is 1. The van der Waals surface area contributed by atoms with Gasteiger partial charge >= 0.3 is 0 Å². The van der Waals surface area contributed by atoms with Crippen molar-refractivity contribution >= 4 is 17.0 Å². The number of furan rings is 1. The van der Waals surface area contributed by atoms with Crippen LogP contribution in [0.25, 0.3) is 28.0 Å². The molecule has 0 saturated carbocycles. The van der Waals surface area contributed by atoms with Crippen LogP contribution in [-0.4, -0.2) is 9.55 Å². The molecule has 102 valence electrons. The third-order valence-electron chi connectivity index (χ3n) is 3.52. The van der Waals surface area contributed by atoms with Crippen molar-refractivity contribution in [2.45, 2.75) is 0 Å². The zero-order valence-corrected chi connectivity index (χ0v) is 11.2. The van der Waals surface area contributed by atoms with E-state index in [1.54, 1.807) is 6.26 Å². The van der Waals surface area contributed by atoms with E-state index in [4.69, 9.17) is 10.2 Å². The number of rotatable bonds is 2. The van der Waals surface area contributed by atoms with E-state index in [1.165, 1.54) is 0 Å². The minimum Gasteiger partial charge on any atom is -0.464 e. The summed E-state index contributed by atoms with van der Waals surface area (Å²) in [4.78, 5) is 4.38. The van der Waals surface area contributed by atoms with Gasteiger partial charge in [0.15, 0.2) is 0 Å². The molecule has 0 radical (unpaired) electrons. The van der Waals surface area contributed by atoms with Crippen LogP contribution in [0.4, 0.5) is 5.95 Å². The number of fused-ring (bicyclic) bond motifs is 1. The van der Waals surface area contributed by atoms with Crippen LogP contribution in [0, 0.1) is 0 Å². The van der Waals surface area contributed by atoms with E-state index in [1.807, 2.05) is 65.2 Å². The quantitative estimate of drug-likeness (QED) is 0.604. The molecule has 0 spiro atoms. The average molecular weight is 275 g/mol. The topological polar surface area (TPSA) is 57.0 Å². The summed E-state index contributed by atoms with van der Waals surface area (Å²) in [6.07, 6.45) is 1.67. The van der Waals surface area contributed by atoms with E-state index in [0.717, 1.165) is 28.0 Å². The molecule has 0 bridgehead atoms. The molecule has 0 unspecified atom stereocenters. The maximum absolute atomic E-state index is 6.05. The lowest BCUT2D eigenvalue weighted by molar-refractivity contribution is 0.582. The first-order valence-corrected chi connectivity index (χ1v) is 6.70. The van der Waals surface area contributed by atoms with E-state index < -0.39 is 0 Å². The smallest absolute Gasteiger partial charge is 0.205 e. The van der Waals surface area contributed by atoms with E-state index in [2.05, 4.69) is 4.98 Å². The van der Waals surface area contributed by atoms with Crippen LogP contribution in [0.2, 0.25) is 0 Å². The summed E-state index contributed by atoms with van der Waals surface area (Å²) in [5.41, 5.74) is 9.96. The van der Waals surface area contributed by atoms with Crippen molar-refractivity contribution in [3.63, 3.8) is 0 Å². The van der Waals surface area contributed by atoms with Gasteiger partial charge in [0.2, 0.25) is 5.95 Å². The fourth-order valence-corrected chi connectivity index (χ4v) is 2.53. The highest BCUT2D eigenvalue weighted by Gasteiger charge is 2.09. The predicted molar refractivity (Wildman–Crippen MR) is 83.2 cm³/mol. The molecule has 4 aromatic rings. The highest BCUT2D eigenvalue weighted by atomic mass is 16.3. The van der Waals surface area contributed by atoms with Crippen molar-refractivity contribution < 1.29 is 4.42 Å². The van der Waals surface area contributed by atoms with Crippen LogP contribution in [0.3, 0.4) is 0 Å². The van der Waals surface area contributed by atoms with Gasteiger partial charge in [0.25, 0.3) is 0 Å². The van der Waals surface area contributed by atoms with Gasteiger partial charge in [0, 0.05) is 11.3 Å². The fourth-order valence-electron chi connectivity index (χ4n) is 2.53. The number of nitrogens with two attached hydrogens (primary N) is 1. The Balaban J connectivity index is 1.84. The summed E-state index contributed by atoms with van der Waals surface area (Å²) in [7, 11) is 0. The van der Waals surface area contributed by atoms with Crippen molar-refractivity contribution in [1.82, 2.24) is 9.55 Å². The molecule has 0 atom stereocenters. The number of para-hydroxylation sites is 2. The number of nitrogens with zero attached hydrogens (tertiary/aromatic N) is 2. The maximum Gasteiger partial charge on any atom is 0.205 e. The van der Waals surface area contributed by atoms with Gasteiger partial charge in [-0.2, -0.15) is 0 Å². The Bertz CT molecular complexity index is 890. The van der Waals surface area contributed by atoms with Crippen LogP contribution in [0.15, 0.2) is 71.3 Å². The highest BCUT2D eigenvalue weighted by molar-refractivity contribution is 5.80. The number of aromatic nitrogens is 2. The molecule has 0 saturated heterocycles. The zero-order chi connectivity index (χ0) is 14.2. The second-order valence-electron chi connectivity index (χ2n) is 4.82. The first kappa shape index (κ1) is 11.8. The van der Waals surface area contributed by atoms with Crippen molar-refractivity contribution in [2.24, 2.45) is 0 Å². The van der Waals surface area contributed by atoms with Crippen LogP contribution >= 0.6 is 0 Å². The molecule has 0 aliphatic rings. The van der Waals surface area contributed by atoms with Gasteiger partial charge in [-0.3, -0.25) is 4.57 Å². The van der Waals surface area contributed by atoms with Crippen LogP contribution in [0.1, 0.15) is 0 Å². The minimum atomic E-state index is 0.488. The lowest BCUT2D eigenvalue weighted by Gasteiger charge is -2.07. The fraction of sp³-hybridized carbons (Fsp3) is 0. The Labute approximate surface area is 121 Å². The molecule has 0 aliphatic carbocycles. The standard InChI is InChI=1S/C17H13N3O/c18-17-19-14-4-1-2-5-15(14)20(17)13-9-7-12(8-10-13)16-6-3-11-21-16/h1-11H,(H2,18,19). The monoisotopic (exact) mass is 275 g/mol. The third kappa shape index (κ3) is 1.89. The SMILES string of the molecule is Nc1nc2ccccc2n1-c1ccc(-c2ccco2)cc1. The summed E-state index contributed by atoms with van der Waals surface area (Å²) in [6, 6.07) is 19.8. The molecular formula is C17H13N3O. The van der Waals surface area contributed by atoms with Gasteiger partial charge in [-0.05, 0) is 48.5 Å². The van der Waals surface area contributed by atoms with Gasteiger partial charge in [-0.15, -0.1) is 0 Å². The summed E-state index contributed by atoms with van der Waals surface area (Å²) in [5.74, 6) is 1.34. The Morgan fingerprint density at radius 2 is 1.71 bits per heavy atom. The van der Waals surface area contributed by atoms with Gasteiger partial charge < -0.3 is 10.2 Å². The molecule has 21 heavy (non-hydrogen) atoms. The van der Waals surface area contributed by atoms with E-state index in [9.17, 15) is 0 Å². The molecule has 0 fully saturated rings. The second-order valence-corrected chi connectivity index (χ2v) is 4.82. The molecule has 2 N–H and O–H groups in total. The highest BCUT2D eigenvalue weighted by Crippen LogP contribution is 2.25. The predicted octanol–water partition coefficient (Wildman–Crippen LogP) is 3.87. The largest absolute Gasteiger partial charge is 0.464 e. The van der Waals surface area contributed by atoms with Crippen molar-refractivity contribution in [1.29, 1.82) is 0 Å². The maximum atomic E-state index is 6.05. The normalized spacial score (nSPS) is 11.0. The number of hydrogen-bond acceptors (Lipinski definition) is 3. The molecule has 2 heterocycles. The minimum absolute atomic E-state index is 0.488. The van der Waals surface area contributed by atoms with Gasteiger partial charge in [-0.1, -0.05) is 12.1 Å². The van der Waals surface area contributed by atoms with E-state index >= 15 is 0 Å². The van der Waals surface area contributed by atoms with E-state index in [0.29, 0.717) is 5.95 Å². The number of benzene rings is 2. The van der Waals surface area contributed by atoms with Gasteiger partial charge in [-0.25, -0.2) is 4.98 Å². The lowest BCUT2D eigenvalue weighted by atomic mass is 10.1. The van der Waals surface area contributed by atoms with E-state index in [-0.39, 0.29) is 0 Å². The third-order valence-corrected chi connectivity index (χ3v) is 3.52. The Kier molecular flexibility index (Phi) is 2.54. The number of imidazole rings is 1. The molecular weight excluding hydrogens is 262 g/mol. The number of nitrogen functional groups attached to an aromatic ring is 1. The Morgan fingerprint density at radius 3 is 2.48 bits per heavy atom. The van der Waals surface area contributed by atoms with Crippen molar-refractivity contribution in [3.8, 4) is 17.0 Å². The average Bonchev–Trinajstić information content (AvgIpc) is 3.14. The molecule has 4 nitrogen and oxygen atoms in total. The molecule has 4 heteroatoms. The van der Waals surface area contributed by atoms with Gasteiger partial charge in [0.05, 0.1) is 17.3 Å². The van der Waals surface area contributed by atoms with Crippen LogP contribution < -0.4 is 5.73 Å². The summed E-state index contributed by atoms with van der Waals surface area (Å²) < 4.78 is 7.35. The summed E-state index contributed by atoms with van der Waals surface area (Å²) in [6.45, 7) is 0. The molecule has 0 aliphatic heterocycles. The van der Waals surface area contributed by atoms with Crippen LogP contribution in [-0.2, 0) is 0 Å². The lowest BCUT2D eigenvalue weighted by Crippen LogP contribution is -2.00. The van der Waals surface area contributed by atoms with Crippen molar-refractivity contribution in [3.05, 3.63) is 66.9 Å². The summed E-state index contributed by atoms with van der Waals surface area (Å²) >= 11 is 0. The molecule has 2 aromatic heterocycles.